The van der Waals surface area contributed by atoms with E-state index in [9.17, 15) is 8.78 Å². The van der Waals surface area contributed by atoms with Crippen LogP contribution < -0.4 is 0 Å². The first-order valence-electron chi connectivity index (χ1n) is 6.62. The van der Waals surface area contributed by atoms with Crippen LogP contribution in [0.3, 0.4) is 0 Å². The predicted octanol–water partition coefficient (Wildman–Crippen LogP) is 4.02. The lowest BCUT2D eigenvalue weighted by molar-refractivity contribution is 0.503. The Labute approximate surface area is 111 Å². The molecule has 0 fully saturated rings. The van der Waals surface area contributed by atoms with Crippen LogP contribution in [0.4, 0.5) is 8.78 Å². The summed E-state index contributed by atoms with van der Waals surface area (Å²) in [4.78, 5) is 4.40. The molecule has 0 saturated carbocycles. The van der Waals surface area contributed by atoms with Gasteiger partial charge in [0.05, 0.1) is 0 Å². The molecule has 1 aliphatic carbocycles. The van der Waals surface area contributed by atoms with Gasteiger partial charge >= 0.3 is 0 Å². The molecule has 1 aliphatic rings. The summed E-state index contributed by atoms with van der Waals surface area (Å²) in [6.07, 6.45) is 5.66. The second-order valence-electron chi connectivity index (χ2n) is 5.08. The van der Waals surface area contributed by atoms with Crippen LogP contribution in [0, 0.1) is 11.6 Å². The third kappa shape index (κ3) is 2.50. The zero-order chi connectivity index (χ0) is 13.2. The van der Waals surface area contributed by atoms with Crippen LogP contribution in [0.5, 0.6) is 0 Å². The largest absolute Gasteiger partial charge is 0.261 e. The van der Waals surface area contributed by atoms with Crippen LogP contribution >= 0.6 is 0 Å². The van der Waals surface area contributed by atoms with Crippen molar-refractivity contribution in [3.05, 3.63) is 65.0 Å². The summed E-state index contributed by atoms with van der Waals surface area (Å²) in [5.74, 6) is -1.28. The number of nitrogens with zero attached hydrogens (tertiary/aromatic N) is 1. The summed E-state index contributed by atoms with van der Waals surface area (Å²) in [6, 6.07) is 8.28. The Kier molecular flexibility index (Phi) is 3.28. The molecule has 1 nitrogen and oxygen atoms in total. The van der Waals surface area contributed by atoms with Crippen molar-refractivity contribution in [2.75, 3.05) is 0 Å². The molecule has 0 N–H and O–H groups in total. The Morgan fingerprint density at radius 2 is 2.00 bits per heavy atom. The summed E-state index contributed by atoms with van der Waals surface area (Å²) >= 11 is 0. The topological polar surface area (TPSA) is 12.9 Å². The number of hydrogen-bond donors (Lipinski definition) is 0. The number of pyridine rings is 1. The normalized spacial score (nSPS) is 18.7. The van der Waals surface area contributed by atoms with E-state index in [1.165, 1.54) is 17.7 Å². The average Bonchev–Trinajstić information content (AvgIpc) is 2.64. The molecule has 0 spiro atoms. The number of rotatable bonds is 1. The van der Waals surface area contributed by atoms with E-state index in [2.05, 4.69) is 11.1 Å². The van der Waals surface area contributed by atoms with Crippen molar-refractivity contribution in [2.45, 2.75) is 31.6 Å². The quantitative estimate of drug-likeness (QED) is 0.705. The van der Waals surface area contributed by atoms with Gasteiger partial charge in [-0.2, -0.15) is 0 Å². The number of hydrogen-bond acceptors (Lipinski definition) is 1. The molecule has 19 heavy (non-hydrogen) atoms. The van der Waals surface area contributed by atoms with E-state index in [0.717, 1.165) is 36.9 Å². The number of fused-ring (bicyclic) bond motifs is 1. The van der Waals surface area contributed by atoms with Crippen LogP contribution in [0.1, 0.15) is 35.6 Å². The Hall–Kier alpha value is -1.77. The van der Waals surface area contributed by atoms with Crippen molar-refractivity contribution in [1.29, 1.82) is 0 Å². The van der Waals surface area contributed by atoms with Gasteiger partial charge in [-0.3, -0.25) is 4.98 Å². The lowest BCUT2D eigenvalue weighted by Gasteiger charge is -2.15. The molecule has 0 aliphatic heterocycles. The minimum Gasteiger partial charge on any atom is -0.261 e. The zero-order valence-corrected chi connectivity index (χ0v) is 10.6. The maximum absolute atomic E-state index is 13.3. The van der Waals surface area contributed by atoms with E-state index in [-0.39, 0.29) is 5.92 Å². The van der Waals surface area contributed by atoms with Crippen molar-refractivity contribution in [3.63, 3.8) is 0 Å². The van der Waals surface area contributed by atoms with Gasteiger partial charge in [-0.1, -0.05) is 12.1 Å². The summed E-state index contributed by atoms with van der Waals surface area (Å²) in [5, 5.41) is 0. The van der Waals surface area contributed by atoms with Crippen molar-refractivity contribution in [1.82, 2.24) is 4.98 Å². The highest BCUT2D eigenvalue weighted by Gasteiger charge is 2.19. The fourth-order valence-electron chi connectivity index (χ4n) is 2.82. The molecular weight excluding hydrogens is 244 g/mol. The second-order valence-corrected chi connectivity index (χ2v) is 5.08. The molecule has 0 unspecified atom stereocenters. The van der Waals surface area contributed by atoms with E-state index in [1.807, 2.05) is 12.3 Å². The minimum atomic E-state index is -0.778. The summed E-state index contributed by atoms with van der Waals surface area (Å²) < 4.78 is 26.3. The summed E-state index contributed by atoms with van der Waals surface area (Å²) in [5.41, 5.74) is 3.26. The van der Waals surface area contributed by atoms with Gasteiger partial charge in [0.2, 0.25) is 0 Å². The first-order valence-corrected chi connectivity index (χ1v) is 6.62. The van der Waals surface area contributed by atoms with Gasteiger partial charge in [0.15, 0.2) is 11.6 Å². The van der Waals surface area contributed by atoms with E-state index >= 15 is 0 Å². The number of aryl methyl sites for hydroxylation is 1. The molecule has 98 valence electrons. The van der Waals surface area contributed by atoms with Gasteiger partial charge in [0.1, 0.15) is 0 Å². The van der Waals surface area contributed by atoms with Crippen molar-refractivity contribution in [2.24, 2.45) is 0 Å². The summed E-state index contributed by atoms with van der Waals surface area (Å²) in [6.45, 7) is 0. The third-order valence-electron chi connectivity index (χ3n) is 3.83. The van der Waals surface area contributed by atoms with Crippen molar-refractivity contribution in [3.8, 4) is 0 Å². The molecule has 1 aromatic carbocycles. The highest BCUT2D eigenvalue weighted by Crippen LogP contribution is 2.31. The average molecular weight is 259 g/mol. The van der Waals surface area contributed by atoms with Crippen LogP contribution in [-0.2, 0) is 12.8 Å². The van der Waals surface area contributed by atoms with Gasteiger partial charge in [-0.15, -0.1) is 0 Å². The lowest BCUT2D eigenvalue weighted by Crippen LogP contribution is -2.03. The van der Waals surface area contributed by atoms with E-state index in [4.69, 9.17) is 0 Å². The molecule has 0 bridgehead atoms. The molecule has 0 saturated heterocycles. The smallest absolute Gasteiger partial charge is 0.159 e. The highest BCUT2D eigenvalue weighted by molar-refractivity contribution is 5.28. The number of halogens is 2. The monoisotopic (exact) mass is 259 g/mol. The fourth-order valence-corrected chi connectivity index (χ4v) is 2.82. The van der Waals surface area contributed by atoms with Crippen LogP contribution in [0.25, 0.3) is 0 Å². The number of aromatic nitrogens is 1. The number of benzene rings is 1. The molecule has 3 rings (SSSR count). The Bertz CT molecular complexity index is 595. The first-order chi connectivity index (χ1) is 9.24. The molecule has 1 atom stereocenters. The van der Waals surface area contributed by atoms with Gasteiger partial charge in [0, 0.05) is 11.9 Å². The molecule has 0 radical (unpaired) electrons. The first kappa shape index (κ1) is 12.3. The molecule has 3 heteroatoms. The lowest BCUT2D eigenvalue weighted by atomic mass is 9.90. The molecule has 0 amide bonds. The van der Waals surface area contributed by atoms with Gasteiger partial charge in [-0.05, 0) is 60.9 Å². The Morgan fingerprint density at radius 3 is 2.84 bits per heavy atom. The standard InChI is InChI=1S/C16H15F2N/c17-14-7-6-12(10-15(14)18)11-3-1-5-16-13(9-11)4-2-8-19-16/h2,4,6-8,10-11H,1,3,5,9H2/t11-/m1/s1. The third-order valence-corrected chi connectivity index (χ3v) is 3.83. The van der Waals surface area contributed by atoms with Crippen molar-refractivity contribution >= 4 is 0 Å². The van der Waals surface area contributed by atoms with E-state index in [1.54, 1.807) is 6.07 Å². The van der Waals surface area contributed by atoms with Crippen LogP contribution in [0.15, 0.2) is 36.5 Å². The minimum absolute atomic E-state index is 0.251. The van der Waals surface area contributed by atoms with Crippen LogP contribution in [-0.4, -0.2) is 4.98 Å². The fraction of sp³-hybridized carbons (Fsp3) is 0.312. The van der Waals surface area contributed by atoms with Gasteiger partial charge in [0.25, 0.3) is 0 Å². The predicted molar refractivity (Wildman–Crippen MR) is 70.0 cm³/mol. The van der Waals surface area contributed by atoms with Gasteiger partial charge < -0.3 is 0 Å². The highest BCUT2D eigenvalue weighted by atomic mass is 19.2. The van der Waals surface area contributed by atoms with Gasteiger partial charge in [-0.25, -0.2) is 8.78 Å². The maximum Gasteiger partial charge on any atom is 0.159 e. The van der Waals surface area contributed by atoms with Crippen molar-refractivity contribution < 1.29 is 8.78 Å². The summed E-state index contributed by atoms with van der Waals surface area (Å²) in [7, 11) is 0. The Balaban J connectivity index is 1.92. The molecule has 1 heterocycles. The maximum atomic E-state index is 13.3. The zero-order valence-electron chi connectivity index (χ0n) is 10.6. The molecule has 1 aromatic heterocycles. The van der Waals surface area contributed by atoms with E-state index in [0.29, 0.717) is 0 Å². The second kappa shape index (κ2) is 5.08. The molecular formula is C16H15F2N. The van der Waals surface area contributed by atoms with E-state index < -0.39 is 11.6 Å². The van der Waals surface area contributed by atoms with Crippen LogP contribution in [0.2, 0.25) is 0 Å². The Morgan fingerprint density at radius 1 is 1.11 bits per heavy atom. The SMILES string of the molecule is Fc1ccc([C@@H]2CCCc3ncccc3C2)cc1F. The molecule has 2 aromatic rings.